The quantitative estimate of drug-likeness (QED) is 0.693. The lowest BCUT2D eigenvalue weighted by molar-refractivity contribution is 0.00143. The monoisotopic (exact) mass is 366 g/mol. The van der Waals surface area contributed by atoms with E-state index in [1.165, 1.54) is 35.8 Å². The van der Waals surface area contributed by atoms with Gasteiger partial charge in [-0.25, -0.2) is 12.7 Å². The molecule has 0 saturated carbocycles. The first kappa shape index (κ1) is 18.8. The van der Waals surface area contributed by atoms with Gasteiger partial charge in [0.25, 0.3) is 0 Å². The van der Waals surface area contributed by atoms with Gasteiger partial charge in [-0.05, 0) is 56.4 Å². The van der Waals surface area contributed by atoms with E-state index in [-0.39, 0.29) is 5.75 Å². The summed E-state index contributed by atoms with van der Waals surface area (Å²) >= 11 is 0. The van der Waals surface area contributed by atoms with E-state index < -0.39 is 10.0 Å². The standard InChI is InChI=1S/C18H30N4O2S/c1-20(2)25(23,24)12-4-9-22(14-16-5-3-8-19-13-16)18-15-21-10-6-17(18)7-11-21/h3,5,8,13,17-18H,4,6-7,9-12,14-15H2,1-2H3/t18-/m1/s1. The Morgan fingerprint density at radius 3 is 2.60 bits per heavy atom. The number of hydrogen-bond donors (Lipinski definition) is 0. The van der Waals surface area contributed by atoms with E-state index in [0.717, 1.165) is 25.6 Å². The van der Waals surface area contributed by atoms with Gasteiger partial charge in [0.1, 0.15) is 0 Å². The molecule has 3 fully saturated rings. The van der Waals surface area contributed by atoms with Crippen LogP contribution < -0.4 is 0 Å². The van der Waals surface area contributed by atoms with Gasteiger partial charge >= 0.3 is 0 Å². The summed E-state index contributed by atoms with van der Waals surface area (Å²) in [6.45, 7) is 5.22. The summed E-state index contributed by atoms with van der Waals surface area (Å²) in [4.78, 5) is 9.29. The molecule has 1 atom stereocenters. The van der Waals surface area contributed by atoms with Crippen LogP contribution in [-0.2, 0) is 16.6 Å². The second kappa shape index (κ2) is 8.12. The van der Waals surface area contributed by atoms with E-state index in [9.17, 15) is 8.42 Å². The minimum atomic E-state index is -3.12. The van der Waals surface area contributed by atoms with E-state index in [4.69, 9.17) is 0 Å². The summed E-state index contributed by atoms with van der Waals surface area (Å²) in [6, 6.07) is 4.61. The molecule has 1 aromatic heterocycles. The summed E-state index contributed by atoms with van der Waals surface area (Å²) in [7, 11) is 0.0907. The topological polar surface area (TPSA) is 56.8 Å². The van der Waals surface area contributed by atoms with Crippen LogP contribution in [0, 0.1) is 5.92 Å². The maximum absolute atomic E-state index is 12.1. The number of sulfonamides is 1. The molecule has 0 unspecified atom stereocenters. The van der Waals surface area contributed by atoms with Crippen LogP contribution in [-0.4, -0.2) is 79.6 Å². The highest BCUT2D eigenvalue weighted by atomic mass is 32.2. The lowest BCUT2D eigenvalue weighted by Gasteiger charge is -2.49. The van der Waals surface area contributed by atoms with Crippen molar-refractivity contribution in [1.29, 1.82) is 0 Å². The molecule has 3 aliphatic heterocycles. The number of rotatable bonds is 8. The number of nitrogens with zero attached hydrogens (tertiary/aromatic N) is 4. The summed E-state index contributed by atoms with van der Waals surface area (Å²) in [6.07, 6.45) is 6.93. The Hall–Kier alpha value is -1.02. The molecule has 6 nitrogen and oxygen atoms in total. The van der Waals surface area contributed by atoms with Crippen LogP contribution in [0.5, 0.6) is 0 Å². The number of hydrogen-bond acceptors (Lipinski definition) is 5. The smallest absolute Gasteiger partial charge is 0.213 e. The van der Waals surface area contributed by atoms with Crippen LogP contribution in [0.3, 0.4) is 0 Å². The highest BCUT2D eigenvalue weighted by molar-refractivity contribution is 7.89. The highest BCUT2D eigenvalue weighted by Crippen LogP contribution is 2.31. The third kappa shape index (κ3) is 4.78. The van der Waals surface area contributed by atoms with Gasteiger partial charge in [0.15, 0.2) is 0 Å². The molecule has 0 amide bonds. The third-order valence-corrected chi connectivity index (χ3v) is 7.52. The van der Waals surface area contributed by atoms with Crippen molar-refractivity contribution in [2.24, 2.45) is 5.92 Å². The molecule has 0 radical (unpaired) electrons. The average Bonchev–Trinajstić information content (AvgIpc) is 2.62. The summed E-state index contributed by atoms with van der Waals surface area (Å²) in [5.74, 6) is 0.956. The highest BCUT2D eigenvalue weighted by Gasteiger charge is 2.37. The van der Waals surface area contributed by atoms with Crippen molar-refractivity contribution in [3.05, 3.63) is 30.1 Å². The lowest BCUT2D eigenvalue weighted by atomic mass is 9.83. The predicted molar refractivity (Wildman–Crippen MR) is 99.7 cm³/mol. The number of aromatic nitrogens is 1. The van der Waals surface area contributed by atoms with Gasteiger partial charge in [0.2, 0.25) is 10.0 Å². The van der Waals surface area contributed by atoms with E-state index in [0.29, 0.717) is 12.5 Å². The Morgan fingerprint density at radius 1 is 1.28 bits per heavy atom. The van der Waals surface area contributed by atoms with Crippen molar-refractivity contribution in [2.45, 2.75) is 31.8 Å². The van der Waals surface area contributed by atoms with E-state index in [1.54, 1.807) is 20.3 Å². The van der Waals surface area contributed by atoms with Crippen molar-refractivity contribution in [2.75, 3.05) is 46.0 Å². The number of pyridine rings is 1. The fourth-order valence-electron chi connectivity index (χ4n) is 4.07. The zero-order chi connectivity index (χ0) is 17.9. The molecule has 4 heterocycles. The molecule has 140 valence electrons. The first-order valence-electron chi connectivity index (χ1n) is 9.21. The summed E-state index contributed by atoms with van der Waals surface area (Å²) in [5, 5.41) is 0. The van der Waals surface area contributed by atoms with E-state index in [1.807, 2.05) is 12.3 Å². The van der Waals surface area contributed by atoms with Crippen LogP contribution in [0.15, 0.2) is 24.5 Å². The Balaban J connectivity index is 1.66. The van der Waals surface area contributed by atoms with Gasteiger partial charge < -0.3 is 4.90 Å². The fraction of sp³-hybridized carbons (Fsp3) is 0.722. The minimum Gasteiger partial charge on any atom is -0.302 e. The van der Waals surface area contributed by atoms with Crippen LogP contribution >= 0.6 is 0 Å². The SMILES string of the molecule is CN(C)S(=O)(=O)CCCN(Cc1cccnc1)[C@@H]1CN2CCC1CC2. The second-order valence-electron chi connectivity index (χ2n) is 7.49. The van der Waals surface area contributed by atoms with Gasteiger partial charge in [-0.2, -0.15) is 0 Å². The van der Waals surface area contributed by atoms with Crippen molar-refractivity contribution in [3.8, 4) is 0 Å². The molecule has 3 saturated heterocycles. The van der Waals surface area contributed by atoms with Crippen molar-refractivity contribution >= 4 is 10.0 Å². The van der Waals surface area contributed by atoms with Crippen LogP contribution in [0.25, 0.3) is 0 Å². The summed E-state index contributed by atoms with van der Waals surface area (Å²) < 4.78 is 25.5. The fourth-order valence-corrected chi connectivity index (χ4v) is 4.93. The minimum absolute atomic E-state index is 0.213. The number of fused-ring (bicyclic) bond motifs is 3. The Labute approximate surface area is 151 Å². The van der Waals surface area contributed by atoms with Gasteiger partial charge in [-0.1, -0.05) is 6.07 Å². The molecule has 0 spiro atoms. The predicted octanol–water partition coefficient (Wildman–Crippen LogP) is 1.26. The molecule has 2 bridgehead atoms. The second-order valence-corrected chi connectivity index (χ2v) is 9.79. The zero-order valence-electron chi connectivity index (χ0n) is 15.3. The van der Waals surface area contributed by atoms with Crippen LogP contribution in [0.4, 0.5) is 0 Å². The normalized spacial score (nSPS) is 26.5. The maximum atomic E-state index is 12.1. The van der Waals surface area contributed by atoms with Gasteiger partial charge in [0.05, 0.1) is 5.75 Å². The molecule has 25 heavy (non-hydrogen) atoms. The summed E-state index contributed by atoms with van der Waals surface area (Å²) in [5.41, 5.74) is 1.20. The lowest BCUT2D eigenvalue weighted by Crippen LogP contribution is -2.57. The van der Waals surface area contributed by atoms with Crippen molar-refractivity contribution < 1.29 is 8.42 Å². The first-order chi connectivity index (χ1) is 12.0. The molecule has 0 N–H and O–H groups in total. The Morgan fingerprint density at radius 2 is 2.04 bits per heavy atom. The molecule has 3 aliphatic rings. The zero-order valence-corrected chi connectivity index (χ0v) is 16.2. The molecule has 0 aliphatic carbocycles. The molecular formula is C18H30N4O2S. The van der Waals surface area contributed by atoms with Gasteiger partial charge in [0, 0.05) is 45.6 Å². The third-order valence-electron chi connectivity index (χ3n) is 5.60. The van der Waals surface area contributed by atoms with Crippen LogP contribution in [0.2, 0.25) is 0 Å². The Bertz CT molecular complexity index is 642. The first-order valence-corrected chi connectivity index (χ1v) is 10.8. The van der Waals surface area contributed by atoms with Crippen molar-refractivity contribution in [3.63, 3.8) is 0 Å². The van der Waals surface area contributed by atoms with Gasteiger partial charge in [-0.3, -0.25) is 9.88 Å². The Kier molecular flexibility index (Phi) is 6.09. The molecule has 0 aromatic carbocycles. The molecular weight excluding hydrogens is 336 g/mol. The number of piperidine rings is 3. The molecule has 7 heteroatoms. The molecule has 1 aromatic rings. The van der Waals surface area contributed by atoms with Gasteiger partial charge in [-0.15, -0.1) is 0 Å². The molecule has 4 rings (SSSR count). The average molecular weight is 367 g/mol. The maximum Gasteiger partial charge on any atom is 0.213 e. The van der Waals surface area contributed by atoms with E-state index >= 15 is 0 Å². The van der Waals surface area contributed by atoms with Crippen LogP contribution in [0.1, 0.15) is 24.8 Å². The largest absolute Gasteiger partial charge is 0.302 e. The van der Waals surface area contributed by atoms with E-state index in [2.05, 4.69) is 20.9 Å². The van der Waals surface area contributed by atoms with Crippen molar-refractivity contribution in [1.82, 2.24) is 19.1 Å².